The number of amides is 1. The molecule has 0 radical (unpaired) electrons. The van der Waals surface area contributed by atoms with Gasteiger partial charge in [-0.2, -0.15) is 0 Å². The van der Waals surface area contributed by atoms with Crippen LogP contribution in [0.3, 0.4) is 0 Å². The molecule has 1 amide bonds. The summed E-state index contributed by atoms with van der Waals surface area (Å²) < 4.78 is 20.1. The maximum Gasteiger partial charge on any atom is 0.237 e. The highest BCUT2D eigenvalue weighted by Gasteiger charge is 2.47. The lowest BCUT2D eigenvalue weighted by atomic mass is 9.77. The number of ether oxygens (including phenoxy) is 1. The molecule has 2 saturated carbocycles. The summed E-state index contributed by atoms with van der Waals surface area (Å²) in [4.78, 5) is 15.5. The van der Waals surface area contributed by atoms with Gasteiger partial charge in [-0.3, -0.25) is 9.69 Å². The van der Waals surface area contributed by atoms with Crippen molar-refractivity contribution in [1.29, 1.82) is 0 Å². The van der Waals surface area contributed by atoms with Gasteiger partial charge in [-0.05, 0) is 50.9 Å². The lowest BCUT2D eigenvalue weighted by Gasteiger charge is -2.51. The van der Waals surface area contributed by atoms with Crippen LogP contribution in [-0.2, 0) is 9.53 Å². The van der Waals surface area contributed by atoms with Gasteiger partial charge >= 0.3 is 0 Å². The molecule has 9 unspecified atom stereocenters. The van der Waals surface area contributed by atoms with Crippen molar-refractivity contribution >= 4 is 5.91 Å². The Kier molecular flexibility index (Phi) is 4.93. The number of alkyl halides is 1. The van der Waals surface area contributed by atoms with Gasteiger partial charge in [0, 0.05) is 43.6 Å². The minimum Gasteiger partial charge on any atom is -0.372 e. The van der Waals surface area contributed by atoms with E-state index in [2.05, 4.69) is 22.5 Å². The zero-order valence-corrected chi connectivity index (χ0v) is 16.4. The Bertz CT molecular complexity index is 542. The van der Waals surface area contributed by atoms with Gasteiger partial charge in [0.05, 0.1) is 18.2 Å². The first-order chi connectivity index (χ1) is 13.1. The van der Waals surface area contributed by atoms with E-state index in [1.54, 1.807) is 0 Å². The lowest BCUT2D eigenvalue weighted by molar-refractivity contribution is -0.190. The number of carbonyl (C=O) groups is 1. The number of rotatable bonds is 3. The first-order valence-corrected chi connectivity index (χ1v) is 11.2. The van der Waals surface area contributed by atoms with Crippen LogP contribution in [0.1, 0.15) is 58.3 Å². The molecule has 6 fully saturated rings. The highest BCUT2D eigenvalue weighted by atomic mass is 19.1. The van der Waals surface area contributed by atoms with Crippen LogP contribution >= 0.6 is 0 Å². The van der Waals surface area contributed by atoms with Gasteiger partial charge in [0.1, 0.15) is 6.17 Å². The second kappa shape index (κ2) is 7.27. The molecule has 4 saturated heterocycles. The van der Waals surface area contributed by atoms with E-state index in [9.17, 15) is 9.18 Å². The SMILES string of the molecule is CC1CCC(F)C2CC(C(=O)NC3CCCC(N4CC5CC(C4)O5)C3)NC12. The number of hydrogen-bond donors (Lipinski definition) is 2. The van der Waals surface area contributed by atoms with Crippen molar-refractivity contribution in [3.63, 3.8) is 0 Å². The van der Waals surface area contributed by atoms with Crippen LogP contribution in [0.4, 0.5) is 4.39 Å². The van der Waals surface area contributed by atoms with Crippen molar-refractivity contribution in [2.45, 2.75) is 101 Å². The molecular weight excluding hydrogens is 345 g/mol. The molecule has 2 N–H and O–H groups in total. The van der Waals surface area contributed by atoms with Crippen LogP contribution in [0.15, 0.2) is 0 Å². The topological polar surface area (TPSA) is 53.6 Å². The fraction of sp³-hybridized carbons (Fsp3) is 0.952. The number of nitrogens with zero attached hydrogens (tertiary/aromatic N) is 1. The van der Waals surface area contributed by atoms with E-state index in [0.717, 1.165) is 32.4 Å². The van der Waals surface area contributed by atoms with Gasteiger partial charge in [0.15, 0.2) is 0 Å². The maximum absolute atomic E-state index is 14.3. The monoisotopic (exact) mass is 379 g/mol. The number of halogens is 1. The molecule has 0 spiro atoms. The minimum absolute atomic E-state index is 0.0173. The van der Waals surface area contributed by atoms with Gasteiger partial charge in [-0.15, -0.1) is 0 Å². The highest BCUT2D eigenvalue weighted by molar-refractivity contribution is 5.82. The Morgan fingerprint density at radius 3 is 2.63 bits per heavy atom. The van der Waals surface area contributed by atoms with E-state index in [-0.39, 0.29) is 30.0 Å². The zero-order chi connectivity index (χ0) is 18.5. The third kappa shape index (κ3) is 3.53. The standard InChI is InChI=1S/C21H34FN3O2/c1-12-5-6-18(22)17-9-19(24-20(12)17)21(26)23-13-3-2-4-14(7-13)25-10-15-8-16(11-25)27-15/h12-20,24H,2-11H2,1H3,(H,23,26). The van der Waals surface area contributed by atoms with Crippen LogP contribution < -0.4 is 10.6 Å². The number of hydrogen-bond acceptors (Lipinski definition) is 4. The Morgan fingerprint density at radius 2 is 1.89 bits per heavy atom. The Balaban J connectivity index is 1.15. The third-order valence-corrected chi connectivity index (χ3v) is 7.95. The second-order valence-electron chi connectivity index (χ2n) is 9.81. The molecule has 152 valence electrons. The van der Waals surface area contributed by atoms with Crippen molar-refractivity contribution < 1.29 is 13.9 Å². The average molecular weight is 380 g/mol. The van der Waals surface area contributed by atoms with E-state index in [1.807, 2.05) is 0 Å². The van der Waals surface area contributed by atoms with Gasteiger partial charge in [-0.1, -0.05) is 6.92 Å². The van der Waals surface area contributed by atoms with Crippen LogP contribution in [0.5, 0.6) is 0 Å². The van der Waals surface area contributed by atoms with Crippen molar-refractivity contribution in [3.8, 4) is 0 Å². The number of piperidine rings is 1. The molecular formula is C21H34FN3O2. The molecule has 2 aliphatic carbocycles. The molecule has 5 nitrogen and oxygen atoms in total. The second-order valence-corrected chi connectivity index (χ2v) is 9.81. The van der Waals surface area contributed by atoms with Crippen molar-refractivity contribution in [3.05, 3.63) is 0 Å². The molecule has 9 atom stereocenters. The first kappa shape index (κ1) is 18.3. The quantitative estimate of drug-likeness (QED) is 0.788. The molecule has 6 rings (SSSR count). The molecule has 0 aromatic rings. The summed E-state index contributed by atoms with van der Waals surface area (Å²) in [7, 11) is 0. The van der Waals surface area contributed by atoms with E-state index >= 15 is 0 Å². The van der Waals surface area contributed by atoms with E-state index in [4.69, 9.17) is 4.74 Å². The molecule has 6 aliphatic rings. The van der Waals surface area contributed by atoms with Crippen LogP contribution in [0.25, 0.3) is 0 Å². The summed E-state index contributed by atoms with van der Waals surface area (Å²) >= 11 is 0. The predicted octanol–water partition coefficient (Wildman–Crippen LogP) is 2.00. The summed E-state index contributed by atoms with van der Waals surface area (Å²) in [5.74, 6) is 0.578. The van der Waals surface area contributed by atoms with Gasteiger partial charge < -0.3 is 15.4 Å². The van der Waals surface area contributed by atoms with Crippen molar-refractivity contribution in [1.82, 2.24) is 15.5 Å². The Hall–Kier alpha value is -0.720. The molecule has 0 aromatic heterocycles. The first-order valence-electron chi connectivity index (χ1n) is 11.2. The van der Waals surface area contributed by atoms with Gasteiger partial charge in [-0.25, -0.2) is 4.39 Å². The molecule has 27 heavy (non-hydrogen) atoms. The highest BCUT2D eigenvalue weighted by Crippen LogP contribution is 2.39. The third-order valence-electron chi connectivity index (χ3n) is 7.95. The predicted molar refractivity (Wildman–Crippen MR) is 101 cm³/mol. The fourth-order valence-electron chi connectivity index (χ4n) is 6.41. The summed E-state index contributed by atoms with van der Waals surface area (Å²) in [5.41, 5.74) is 0. The average Bonchev–Trinajstić information content (AvgIpc) is 3.12. The maximum atomic E-state index is 14.3. The smallest absolute Gasteiger partial charge is 0.237 e. The normalized spacial score (nSPS) is 49.9. The van der Waals surface area contributed by atoms with Crippen LogP contribution in [0.2, 0.25) is 0 Å². The van der Waals surface area contributed by atoms with E-state index in [0.29, 0.717) is 37.0 Å². The minimum atomic E-state index is -0.747. The molecule has 2 bridgehead atoms. The largest absolute Gasteiger partial charge is 0.372 e. The summed E-state index contributed by atoms with van der Waals surface area (Å²) in [6, 6.07) is 0.796. The molecule has 0 aromatic carbocycles. The summed E-state index contributed by atoms with van der Waals surface area (Å²) in [6.45, 7) is 4.31. The van der Waals surface area contributed by atoms with Gasteiger partial charge in [0.25, 0.3) is 0 Å². The number of fused-ring (bicyclic) bond motifs is 3. The van der Waals surface area contributed by atoms with E-state index in [1.165, 1.54) is 19.3 Å². The molecule has 6 heteroatoms. The van der Waals surface area contributed by atoms with Crippen LogP contribution in [0, 0.1) is 11.8 Å². The lowest BCUT2D eigenvalue weighted by Crippen LogP contribution is -2.61. The number of carbonyl (C=O) groups excluding carboxylic acids is 1. The Labute approximate surface area is 161 Å². The molecule has 4 heterocycles. The van der Waals surface area contributed by atoms with Crippen molar-refractivity contribution in [2.24, 2.45) is 11.8 Å². The number of nitrogens with one attached hydrogen (secondary N) is 2. The molecule has 4 aliphatic heterocycles. The summed E-state index contributed by atoms with van der Waals surface area (Å²) in [6.07, 6.45) is 8.14. The van der Waals surface area contributed by atoms with Gasteiger partial charge in [0.2, 0.25) is 5.91 Å². The summed E-state index contributed by atoms with van der Waals surface area (Å²) in [5, 5.41) is 6.78. The fourth-order valence-corrected chi connectivity index (χ4v) is 6.41. The zero-order valence-electron chi connectivity index (χ0n) is 16.4. The Morgan fingerprint density at radius 1 is 1.11 bits per heavy atom. The number of morpholine rings is 1. The van der Waals surface area contributed by atoms with Crippen LogP contribution in [-0.4, -0.2) is 66.4 Å². The van der Waals surface area contributed by atoms with Crippen molar-refractivity contribution in [2.75, 3.05) is 13.1 Å². The van der Waals surface area contributed by atoms with E-state index < -0.39 is 6.17 Å².